The Kier molecular flexibility index (Phi) is 5.79. The van der Waals surface area contributed by atoms with Crippen LogP contribution in [0.3, 0.4) is 0 Å². The lowest BCUT2D eigenvalue weighted by Crippen LogP contribution is -2.28. The Hall–Kier alpha value is -3.55. The van der Waals surface area contributed by atoms with E-state index in [1.807, 2.05) is 37.3 Å². The third-order valence-corrected chi connectivity index (χ3v) is 5.63. The van der Waals surface area contributed by atoms with Crippen molar-refractivity contribution >= 4 is 22.6 Å². The molecule has 3 heterocycles. The minimum Gasteiger partial charge on any atom is -0.493 e. The van der Waals surface area contributed by atoms with Gasteiger partial charge in [-0.2, -0.15) is 0 Å². The number of methoxy groups -OCH3 is 3. The number of nitrogens with zero attached hydrogens (tertiary/aromatic N) is 2. The molecule has 2 unspecified atom stereocenters. The molecule has 2 aromatic heterocycles. The summed E-state index contributed by atoms with van der Waals surface area (Å²) in [6.45, 7) is 2.66. The van der Waals surface area contributed by atoms with E-state index < -0.39 is 0 Å². The first-order valence-electron chi connectivity index (χ1n) is 10.1. The van der Waals surface area contributed by atoms with Crippen LogP contribution in [0.25, 0.3) is 22.2 Å². The molecule has 1 amide bonds. The minimum atomic E-state index is 0.0879. The molecule has 1 aliphatic rings. The van der Waals surface area contributed by atoms with Gasteiger partial charge in [0, 0.05) is 42.1 Å². The number of aromatic nitrogens is 2. The van der Waals surface area contributed by atoms with E-state index in [1.165, 1.54) is 0 Å². The Labute approximate surface area is 180 Å². The summed E-state index contributed by atoms with van der Waals surface area (Å²) in [4.78, 5) is 21.1. The van der Waals surface area contributed by atoms with Gasteiger partial charge in [-0.15, -0.1) is 0 Å². The van der Waals surface area contributed by atoms with Crippen LogP contribution in [-0.4, -0.2) is 49.8 Å². The van der Waals surface area contributed by atoms with Crippen LogP contribution >= 0.6 is 0 Å². The summed E-state index contributed by atoms with van der Waals surface area (Å²) >= 11 is 0. The number of carbonyl (C=O) groups is 1. The third kappa shape index (κ3) is 4.05. The second-order valence-electron chi connectivity index (χ2n) is 7.54. The van der Waals surface area contributed by atoms with E-state index in [1.54, 1.807) is 27.5 Å². The summed E-state index contributed by atoms with van der Waals surface area (Å²) in [5.41, 5.74) is 2.36. The molecule has 0 saturated carbocycles. The van der Waals surface area contributed by atoms with E-state index >= 15 is 0 Å². The van der Waals surface area contributed by atoms with Gasteiger partial charge >= 0.3 is 0 Å². The summed E-state index contributed by atoms with van der Waals surface area (Å²) in [7, 11) is 4.74. The average molecular weight is 422 g/mol. The van der Waals surface area contributed by atoms with Gasteiger partial charge in [-0.05, 0) is 37.3 Å². The first-order valence-corrected chi connectivity index (χ1v) is 10.1. The molecule has 1 aromatic carbocycles. The number of hydrogen-bond donors (Lipinski definition) is 2. The Morgan fingerprint density at radius 1 is 1.13 bits per heavy atom. The summed E-state index contributed by atoms with van der Waals surface area (Å²) in [6.07, 6.45) is 2.27. The van der Waals surface area contributed by atoms with Gasteiger partial charge in [0.05, 0.1) is 32.5 Å². The highest BCUT2D eigenvalue weighted by molar-refractivity contribution is 5.92. The van der Waals surface area contributed by atoms with Crippen molar-refractivity contribution in [2.24, 2.45) is 5.92 Å². The molecule has 1 saturated heterocycles. The van der Waals surface area contributed by atoms with Crippen molar-refractivity contribution in [1.82, 2.24) is 15.3 Å². The van der Waals surface area contributed by atoms with E-state index in [0.717, 1.165) is 28.0 Å². The molecule has 8 heteroatoms. The number of pyridine rings is 2. The molecule has 162 valence electrons. The highest BCUT2D eigenvalue weighted by atomic mass is 16.5. The number of benzene rings is 1. The molecular weight excluding hydrogens is 396 g/mol. The number of rotatable bonds is 7. The van der Waals surface area contributed by atoms with Crippen LogP contribution in [0.2, 0.25) is 0 Å². The predicted octanol–water partition coefficient (Wildman–Crippen LogP) is 3.26. The largest absolute Gasteiger partial charge is 0.493 e. The normalized spacial score (nSPS) is 18.0. The standard InChI is InChI=1S/C23H26N4O4/c1-13-15(10-21(28)26-13)12-25-23-16-6-5-7-24-18(16)11-17(27-23)14-8-19(29-2)22(31-4)20(9-14)30-3/h5-9,11,13,15H,10,12H2,1-4H3,(H,25,27)(H,26,28). The molecule has 4 rings (SSSR count). The Bertz CT molecular complexity index is 1090. The van der Waals surface area contributed by atoms with Crippen molar-refractivity contribution in [2.45, 2.75) is 19.4 Å². The van der Waals surface area contributed by atoms with Crippen LogP contribution < -0.4 is 24.8 Å². The molecule has 8 nitrogen and oxygen atoms in total. The second-order valence-corrected chi connectivity index (χ2v) is 7.54. The van der Waals surface area contributed by atoms with E-state index in [2.05, 4.69) is 15.6 Å². The molecule has 0 bridgehead atoms. The molecule has 0 spiro atoms. The molecule has 2 N–H and O–H groups in total. The van der Waals surface area contributed by atoms with Crippen LogP contribution in [0.15, 0.2) is 36.5 Å². The summed E-state index contributed by atoms with van der Waals surface area (Å²) < 4.78 is 16.4. The number of nitrogens with one attached hydrogen (secondary N) is 2. The van der Waals surface area contributed by atoms with Crippen molar-refractivity contribution in [3.05, 3.63) is 36.5 Å². The molecular formula is C23H26N4O4. The van der Waals surface area contributed by atoms with Crippen LogP contribution in [0.4, 0.5) is 5.82 Å². The van der Waals surface area contributed by atoms with E-state index in [4.69, 9.17) is 19.2 Å². The molecule has 3 aromatic rings. The van der Waals surface area contributed by atoms with E-state index in [0.29, 0.717) is 30.2 Å². The Balaban J connectivity index is 1.75. The van der Waals surface area contributed by atoms with Crippen molar-refractivity contribution in [3.8, 4) is 28.5 Å². The predicted molar refractivity (Wildman–Crippen MR) is 119 cm³/mol. The van der Waals surface area contributed by atoms with Crippen LogP contribution in [0, 0.1) is 5.92 Å². The lowest BCUT2D eigenvalue weighted by molar-refractivity contribution is -0.119. The zero-order chi connectivity index (χ0) is 22.0. The first-order chi connectivity index (χ1) is 15.0. The Morgan fingerprint density at radius 3 is 2.48 bits per heavy atom. The fraction of sp³-hybridized carbons (Fsp3) is 0.348. The van der Waals surface area contributed by atoms with Gasteiger partial charge in [0.25, 0.3) is 0 Å². The summed E-state index contributed by atoms with van der Waals surface area (Å²) in [5, 5.41) is 7.32. The lowest BCUT2D eigenvalue weighted by atomic mass is 10.0. The van der Waals surface area contributed by atoms with Gasteiger partial charge < -0.3 is 24.8 Å². The van der Waals surface area contributed by atoms with Crippen LogP contribution in [0.5, 0.6) is 17.2 Å². The SMILES string of the molecule is COc1cc(-c2cc3ncccc3c(NCC3CC(=O)NC3C)n2)cc(OC)c1OC. The van der Waals surface area contributed by atoms with Gasteiger partial charge in [-0.3, -0.25) is 9.78 Å². The zero-order valence-electron chi connectivity index (χ0n) is 18.1. The number of hydrogen-bond acceptors (Lipinski definition) is 7. The maximum Gasteiger partial charge on any atom is 0.220 e. The van der Waals surface area contributed by atoms with Gasteiger partial charge in [-0.1, -0.05) is 0 Å². The smallest absolute Gasteiger partial charge is 0.220 e. The molecule has 0 radical (unpaired) electrons. The van der Waals surface area contributed by atoms with Gasteiger partial charge in [0.2, 0.25) is 11.7 Å². The quantitative estimate of drug-likeness (QED) is 0.603. The molecule has 1 fully saturated rings. The first kappa shape index (κ1) is 20.7. The number of amides is 1. The molecule has 0 aliphatic carbocycles. The number of anilines is 1. The highest BCUT2D eigenvalue weighted by Gasteiger charge is 2.28. The monoisotopic (exact) mass is 422 g/mol. The van der Waals surface area contributed by atoms with Crippen molar-refractivity contribution in [3.63, 3.8) is 0 Å². The van der Waals surface area contributed by atoms with Crippen molar-refractivity contribution < 1.29 is 19.0 Å². The van der Waals surface area contributed by atoms with Crippen molar-refractivity contribution in [2.75, 3.05) is 33.2 Å². The second kappa shape index (κ2) is 8.67. The number of ether oxygens (including phenoxy) is 3. The third-order valence-electron chi connectivity index (χ3n) is 5.63. The maximum atomic E-state index is 11.7. The van der Waals surface area contributed by atoms with Gasteiger partial charge in [-0.25, -0.2) is 4.98 Å². The van der Waals surface area contributed by atoms with Gasteiger partial charge in [0.1, 0.15) is 5.82 Å². The van der Waals surface area contributed by atoms with E-state index in [9.17, 15) is 4.79 Å². The zero-order valence-corrected chi connectivity index (χ0v) is 18.1. The van der Waals surface area contributed by atoms with Crippen LogP contribution in [0.1, 0.15) is 13.3 Å². The number of fused-ring (bicyclic) bond motifs is 1. The molecule has 31 heavy (non-hydrogen) atoms. The average Bonchev–Trinajstić information content (AvgIpc) is 3.12. The van der Waals surface area contributed by atoms with Gasteiger partial charge in [0.15, 0.2) is 11.5 Å². The highest BCUT2D eigenvalue weighted by Crippen LogP contribution is 2.41. The topological polar surface area (TPSA) is 94.6 Å². The molecule has 1 aliphatic heterocycles. The molecule has 2 atom stereocenters. The fourth-order valence-corrected chi connectivity index (χ4v) is 3.91. The minimum absolute atomic E-state index is 0.0879. The fourth-order valence-electron chi connectivity index (χ4n) is 3.91. The number of carbonyl (C=O) groups excluding carboxylic acids is 1. The van der Waals surface area contributed by atoms with Crippen molar-refractivity contribution in [1.29, 1.82) is 0 Å². The lowest BCUT2D eigenvalue weighted by Gasteiger charge is -2.18. The summed E-state index contributed by atoms with van der Waals surface area (Å²) in [6, 6.07) is 9.66. The van der Waals surface area contributed by atoms with E-state index in [-0.39, 0.29) is 17.9 Å². The Morgan fingerprint density at radius 2 is 1.87 bits per heavy atom. The summed E-state index contributed by atoms with van der Waals surface area (Å²) in [5.74, 6) is 2.65. The van der Waals surface area contributed by atoms with Crippen LogP contribution in [-0.2, 0) is 4.79 Å². The maximum absolute atomic E-state index is 11.7.